The van der Waals surface area contributed by atoms with Crippen LogP contribution in [0.15, 0.2) is 41.8 Å². The summed E-state index contributed by atoms with van der Waals surface area (Å²) in [6.45, 7) is 0. The van der Waals surface area contributed by atoms with Crippen LogP contribution in [0.1, 0.15) is 10.6 Å². The van der Waals surface area contributed by atoms with Gasteiger partial charge in [0.15, 0.2) is 11.5 Å². The minimum Gasteiger partial charge on any atom is -0.493 e. The number of hydrogen-bond acceptors (Lipinski definition) is 6. The molecule has 2 aromatic carbocycles. The molecule has 0 atom stereocenters. The van der Waals surface area contributed by atoms with E-state index in [9.17, 15) is 5.26 Å². The molecule has 0 saturated carbocycles. The average Bonchev–Trinajstić information content (AvgIpc) is 3.21. The number of halogens is 1. The third-order valence-corrected chi connectivity index (χ3v) is 5.12. The molecule has 0 unspecified atom stereocenters. The second kappa shape index (κ2) is 8.79. The molecule has 0 fully saturated rings. The fourth-order valence-electron chi connectivity index (χ4n) is 2.64. The molecule has 3 aromatic rings. The van der Waals surface area contributed by atoms with E-state index >= 15 is 0 Å². The SMILES string of the molecule is COc1cc(/C=C(/C#N)c2nc(-c3ccc(Cl)cc3)cs2)cc(OC)c1OC. The first kappa shape index (κ1) is 19.7. The molecule has 1 aromatic heterocycles. The molecule has 142 valence electrons. The lowest BCUT2D eigenvalue weighted by molar-refractivity contribution is 0.324. The number of nitrogens with zero attached hydrogens (tertiary/aromatic N) is 2. The second-order valence-corrected chi connectivity index (χ2v) is 6.97. The van der Waals surface area contributed by atoms with Crippen LogP contribution in [-0.2, 0) is 0 Å². The highest BCUT2D eigenvalue weighted by Gasteiger charge is 2.14. The molecule has 0 N–H and O–H groups in total. The van der Waals surface area contributed by atoms with Gasteiger partial charge in [-0.05, 0) is 35.9 Å². The van der Waals surface area contributed by atoms with Crippen LogP contribution in [0.5, 0.6) is 17.2 Å². The van der Waals surface area contributed by atoms with E-state index in [1.165, 1.54) is 11.3 Å². The van der Waals surface area contributed by atoms with Crippen molar-refractivity contribution in [1.29, 1.82) is 5.26 Å². The molecular formula is C21H17ClN2O3S. The highest BCUT2D eigenvalue weighted by Crippen LogP contribution is 2.39. The van der Waals surface area contributed by atoms with Crippen LogP contribution in [0, 0.1) is 11.3 Å². The third-order valence-electron chi connectivity index (χ3n) is 3.99. The van der Waals surface area contributed by atoms with Crippen LogP contribution in [0.2, 0.25) is 5.02 Å². The fourth-order valence-corrected chi connectivity index (χ4v) is 3.56. The number of aromatic nitrogens is 1. The van der Waals surface area contributed by atoms with Gasteiger partial charge in [-0.15, -0.1) is 11.3 Å². The molecule has 0 aliphatic heterocycles. The van der Waals surface area contributed by atoms with E-state index in [0.717, 1.165) is 16.8 Å². The number of benzene rings is 2. The number of nitriles is 1. The van der Waals surface area contributed by atoms with Gasteiger partial charge in [-0.2, -0.15) is 5.26 Å². The van der Waals surface area contributed by atoms with E-state index < -0.39 is 0 Å². The van der Waals surface area contributed by atoms with Gasteiger partial charge in [0, 0.05) is 16.0 Å². The van der Waals surface area contributed by atoms with E-state index in [2.05, 4.69) is 11.1 Å². The first-order valence-corrected chi connectivity index (χ1v) is 9.49. The van der Waals surface area contributed by atoms with Crippen molar-refractivity contribution in [2.24, 2.45) is 0 Å². The van der Waals surface area contributed by atoms with Crippen molar-refractivity contribution in [2.75, 3.05) is 21.3 Å². The summed E-state index contributed by atoms with van der Waals surface area (Å²) >= 11 is 7.35. The normalized spacial score (nSPS) is 11.0. The zero-order valence-electron chi connectivity index (χ0n) is 15.5. The Kier molecular flexibility index (Phi) is 6.19. The largest absolute Gasteiger partial charge is 0.493 e. The fraction of sp³-hybridized carbons (Fsp3) is 0.143. The highest BCUT2D eigenvalue weighted by molar-refractivity contribution is 7.11. The van der Waals surface area contributed by atoms with Gasteiger partial charge in [-0.3, -0.25) is 0 Å². The van der Waals surface area contributed by atoms with Crippen LogP contribution >= 0.6 is 22.9 Å². The predicted octanol–water partition coefficient (Wildman–Crippen LogP) is 5.55. The van der Waals surface area contributed by atoms with Gasteiger partial charge >= 0.3 is 0 Å². The second-order valence-electron chi connectivity index (χ2n) is 5.67. The Morgan fingerprint density at radius 1 is 1.07 bits per heavy atom. The number of methoxy groups -OCH3 is 3. The lowest BCUT2D eigenvalue weighted by atomic mass is 10.1. The van der Waals surface area contributed by atoms with Crippen molar-refractivity contribution in [3.63, 3.8) is 0 Å². The zero-order valence-corrected chi connectivity index (χ0v) is 17.1. The van der Waals surface area contributed by atoms with Gasteiger partial charge in [0.25, 0.3) is 0 Å². The Labute approximate surface area is 172 Å². The summed E-state index contributed by atoms with van der Waals surface area (Å²) in [5.41, 5.74) is 2.92. The van der Waals surface area contributed by atoms with Gasteiger partial charge in [-0.1, -0.05) is 23.7 Å². The minimum atomic E-state index is 0.444. The molecule has 3 rings (SSSR count). The molecule has 0 aliphatic rings. The summed E-state index contributed by atoms with van der Waals surface area (Å²) in [6, 6.07) is 13.2. The number of ether oxygens (including phenoxy) is 3. The van der Waals surface area contributed by atoms with E-state index in [4.69, 9.17) is 25.8 Å². The molecule has 1 heterocycles. The van der Waals surface area contributed by atoms with Gasteiger partial charge in [-0.25, -0.2) is 4.98 Å². The molecule has 0 spiro atoms. The van der Waals surface area contributed by atoms with Crippen LogP contribution < -0.4 is 14.2 Å². The van der Waals surface area contributed by atoms with Crippen LogP contribution in [-0.4, -0.2) is 26.3 Å². The number of allylic oxidation sites excluding steroid dienone is 1. The molecule has 0 amide bonds. The molecule has 0 bridgehead atoms. The Balaban J connectivity index is 1.99. The topological polar surface area (TPSA) is 64.4 Å². The first-order valence-electron chi connectivity index (χ1n) is 8.23. The maximum Gasteiger partial charge on any atom is 0.203 e. The monoisotopic (exact) mass is 412 g/mol. The third kappa shape index (κ3) is 4.11. The molecule has 0 radical (unpaired) electrons. The van der Waals surface area contributed by atoms with Crippen molar-refractivity contribution >= 4 is 34.6 Å². The summed E-state index contributed by atoms with van der Waals surface area (Å²) in [6.07, 6.45) is 1.74. The summed E-state index contributed by atoms with van der Waals surface area (Å²) in [7, 11) is 4.65. The standard InChI is InChI=1S/C21H17ClN2O3S/c1-25-18-9-13(10-19(26-2)20(18)27-3)8-15(11-23)21-24-17(12-28-21)14-4-6-16(22)7-5-14/h4-10,12H,1-3H3/b15-8-. The van der Waals surface area contributed by atoms with Gasteiger partial charge < -0.3 is 14.2 Å². The molecule has 0 saturated heterocycles. The number of thiazole rings is 1. The summed E-state index contributed by atoms with van der Waals surface area (Å²) in [4.78, 5) is 4.59. The van der Waals surface area contributed by atoms with E-state index in [1.807, 2.05) is 29.6 Å². The Morgan fingerprint density at radius 3 is 2.25 bits per heavy atom. The van der Waals surface area contributed by atoms with E-state index in [1.54, 1.807) is 39.5 Å². The summed E-state index contributed by atoms with van der Waals surface area (Å²) < 4.78 is 16.1. The van der Waals surface area contributed by atoms with E-state index in [0.29, 0.717) is 32.9 Å². The van der Waals surface area contributed by atoms with Gasteiger partial charge in [0.2, 0.25) is 5.75 Å². The van der Waals surface area contributed by atoms with Crippen molar-refractivity contribution in [1.82, 2.24) is 4.98 Å². The lowest BCUT2D eigenvalue weighted by Gasteiger charge is -2.13. The Hall–Kier alpha value is -3.01. The number of hydrogen-bond donors (Lipinski definition) is 0. The zero-order chi connectivity index (χ0) is 20.1. The van der Waals surface area contributed by atoms with Crippen molar-refractivity contribution in [2.45, 2.75) is 0 Å². The summed E-state index contributed by atoms with van der Waals surface area (Å²) in [5, 5.41) is 12.9. The number of rotatable bonds is 6. The van der Waals surface area contributed by atoms with Crippen molar-refractivity contribution in [3.8, 4) is 34.6 Å². The predicted molar refractivity (Wildman–Crippen MR) is 112 cm³/mol. The smallest absolute Gasteiger partial charge is 0.203 e. The lowest BCUT2D eigenvalue weighted by Crippen LogP contribution is -1.95. The molecule has 28 heavy (non-hydrogen) atoms. The first-order chi connectivity index (χ1) is 13.6. The van der Waals surface area contributed by atoms with Crippen molar-refractivity contribution in [3.05, 3.63) is 57.4 Å². The maximum absolute atomic E-state index is 9.65. The Morgan fingerprint density at radius 2 is 1.71 bits per heavy atom. The molecular weight excluding hydrogens is 396 g/mol. The van der Waals surface area contributed by atoms with Crippen LogP contribution in [0.3, 0.4) is 0 Å². The molecule has 5 nitrogen and oxygen atoms in total. The minimum absolute atomic E-state index is 0.444. The quantitative estimate of drug-likeness (QED) is 0.496. The van der Waals surface area contributed by atoms with Crippen LogP contribution in [0.4, 0.5) is 0 Å². The maximum atomic E-state index is 9.65. The Bertz CT molecular complexity index is 1030. The average molecular weight is 413 g/mol. The van der Waals surface area contributed by atoms with Gasteiger partial charge in [0.05, 0.1) is 32.6 Å². The highest BCUT2D eigenvalue weighted by atomic mass is 35.5. The van der Waals surface area contributed by atoms with Crippen molar-refractivity contribution < 1.29 is 14.2 Å². The van der Waals surface area contributed by atoms with Crippen LogP contribution in [0.25, 0.3) is 22.9 Å². The van der Waals surface area contributed by atoms with Gasteiger partial charge in [0.1, 0.15) is 11.1 Å². The van der Waals surface area contributed by atoms with E-state index in [-0.39, 0.29) is 0 Å². The molecule has 7 heteroatoms. The summed E-state index contributed by atoms with van der Waals surface area (Å²) in [5.74, 6) is 1.54. The molecule has 0 aliphatic carbocycles.